The van der Waals surface area contributed by atoms with Gasteiger partial charge in [-0.05, 0) is 12.8 Å². The highest BCUT2D eigenvalue weighted by Crippen LogP contribution is 2.21. The normalized spacial score (nSPS) is 32.6. The van der Waals surface area contributed by atoms with Gasteiger partial charge in [-0.15, -0.1) is 0 Å². The van der Waals surface area contributed by atoms with Gasteiger partial charge in [0, 0.05) is 19.5 Å². The smallest absolute Gasteiger partial charge is 0.325 e. The molecule has 2 aliphatic heterocycles. The Kier molecular flexibility index (Phi) is 2.78. The third-order valence-corrected chi connectivity index (χ3v) is 3.33. The van der Waals surface area contributed by atoms with Crippen LogP contribution in [0.5, 0.6) is 0 Å². The number of nitrogens with zero attached hydrogens (tertiary/aromatic N) is 1. The zero-order valence-electron chi connectivity index (χ0n) is 9.31. The Balaban J connectivity index is 1.99. The topological polar surface area (TPSA) is 113 Å². The van der Waals surface area contributed by atoms with E-state index in [4.69, 9.17) is 10.8 Å². The van der Waals surface area contributed by atoms with E-state index in [0.717, 1.165) is 0 Å². The van der Waals surface area contributed by atoms with E-state index in [1.807, 2.05) is 0 Å². The average molecular weight is 241 g/mol. The van der Waals surface area contributed by atoms with Gasteiger partial charge in [-0.1, -0.05) is 0 Å². The summed E-state index contributed by atoms with van der Waals surface area (Å²) in [6, 6.07) is -0.515. The number of carbonyl (C=O) groups is 3. The van der Waals surface area contributed by atoms with E-state index in [-0.39, 0.29) is 24.8 Å². The van der Waals surface area contributed by atoms with Gasteiger partial charge >= 0.3 is 5.97 Å². The molecule has 2 aliphatic rings. The third-order valence-electron chi connectivity index (χ3n) is 3.33. The molecule has 1 unspecified atom stereocenters. The maximum Gasteiger partial charge on any atom is 0.325 e. The Morgan fingerprint density at radius 2 is 2.24 bits per heavy atom. The van der Waals surface area contributed by atoms with Crippen molar-refractivity contribution in [1.29, 1.82) is 0 Å². The van der Waals surface area contributed by atoms with Crippen molar-refractivity contribution in [3.63, 3.8) is 0 Å². The second-order valence-electron chi connectivity index (χ2n) is 4.63. The molecule has 0 aromatic rings. The summed E-state index contributed by atoms with van der Waals surface area (Å²) in [6.45, 7) is 0.335. The zero-order valence-corrected chi connectivity index (χ0v) is 9.31. The molecule has 0 spiro atoms. The molecular weight excluding hydrogens is 226 g/mol. The first kappa shape index (κ1) is 11.8. The van der Waals surface area contributed by atoms with E-state index in [2.05, 4.69) is 5.32 Å². The standard InChI is InChI=1S/C10H15N3O4/c11-10(9(16)17)3-4-13(5-10)8(15)6-1-2-7(14)12-6/h6H,1-5,11H2,(H,12,14)(H,16,17)/t6-,10?/m0/s1. The maximum absolute atomic E-state index is 12.0. The van der Waals surface area contributed by atoms with Gasteiger partial charge < -0.3 is 21.1 Å². The summed E-state index contributed by atoms with van der Waals surface area (Å²) in [5, 5.41) is 11.5. The largest absolute Gasteiger partial charge is 0.480 e. The summed E-state index contributed by atoms with van der Waals surface area (Å²) >= 11 is 0. The number of carboxylic acid groups (broad SMARTS) is 1. The molecule has 4 N–H and O–H groups in total. The van der Waals surface area contributed by atoms with E-state index in [1.165, 1.54) is 4.90 Å². The molecular formula is C10H15N3O4. The Morgan fingerprint density at radius 3 is 2.71 bits per heavy atom. The van der Waals surface area contributed by atoms with Crippen LogP contribution < -0.4 is 11.1 Å². The van der Waals surface area contributed by atoms with Gasteiger partial charge in [0.25, 0.3) is 0 Å². The second-order valence-corrected chi connectivity index (χ2v) is 4.63. The van der Waals surface area contributed by atoms with Gasteiger partial charge in [-0.3, -0.25) is 14.4 Å². The molecule has 2 amide bonds. The summed E-state index contributed by atoms with van der Waals surface area (Å²) in [4.78, 5) is 35.3. The van der Waals surface area contributed by atoms with Crippen LogP contribution in [0.4, 0.5) is 0 Å². The first-order chi connectivity index (χ1) is 7.92. The van der Waals surface area contributed by atoms with Crippen molar-refractivity contribution in [2.24, 2.45) is 5.73 Å². The lowest BCUT2D eigenvalue weighted by Gasteiger charge is -2.22. The Labute approximate surface area is 97.9 Å². The van der Waals surface area contributed by atoms with Crippen molar-refractivity contribution in [2.75, 3.05) is 13.1 Å². The fourth-order valence-electron chi connectivity index (χ4n) is 2.22. The van der Waals surface area contributed by atoms with Crippen LogP contribution >= 0.6 is 0 Å². The Morgan fingerprint density at radius 1 is 1.53 bits per heavy atom. The SMILES string of the molecule is NC1(C(=O)O)CCN(C(=O)[C@@H]2CCC(=O)N2)C1. The highest BCUT2D eigenvalue weighted by atomic mass is 16.4. The minimum Gasteiger partial charge on any atom is -0.480 e. The van der Waals surface area contributed by atoms with Crippen LogP contribution in [0, 0.1) is 0 Å². The molecule has 2 saturated heterocycles. The fraction of sp³-hybridized carbons (Fsp3) is 0.700. The lowest BCUT2D eigenvalue weighted by Crippen LogP contribution is -2.52. The predicted molar refractivity (Wildman–Crippen MR) is 56.9 cm³/mol. The number of carboxylic acids is 1. The minimum atomic E-state index is -1.35. The molecule has 7 heteroatoms. The van der Waals surface area contributed by atoms with Crippen LogP contribution in [0.1, 0.15) is 19.3 Å². The molecule has 2 rings (SSSR count). The van der Waals surface area contributed by atoms with Gasteiger partial charge in [0.05, 0.1) is 0 Å². The molecule has 0 saturated carbocycles. The molecule has 2 atom stereocenters. The highest BCUT2D eigenvalue weighted by molar-refractivity contribution is 5.91. The lowest BCUT2D eigenvalue weighted by atomic mass is 10.0. The number of aliphatic carboxylic acids is 1. The predicted octanol–water partition coefficient (Wildman–Crippen LogP) is -1.72. The van der Waals surface area contributed by atoms with Crippen LogP contribution in [0.15, 0.2) is 0 Å². The first-order valence-electron chi connectivity index (χ1n) is 5.53. The van der Waals surface area contributed by atoms with E-state index in [0.29, 0.717) is 19.4 Å². The van der Waals surface area contributed by atoms with Gasteiger partial charge in [-0.2, -0.15) is 0 Å². The molecule has 17 heavy (non-hydrogen) atoms. The molecule has 0 bridgehead atoms. The first-order valence-corrected chi connectivity index (χ1v) is 5.53. The van der Waals surface area contributed by atoms with Crippen molar-refractivity contribution >= 4 is 17.8 Å². The molecule has 94 valence electrons. The minimum absolute atomic E-state index is 0.00748. The van der Waals surface area contributed by atoms with Crippen molar-refractivity contribution in [3.8, 4) is 0 Å². The van der Waals surface area contributed by atoms with E-state index < -0.39 is 17.6 Å². The van der Waals surface area contributed by atoms with Crippen molar-refractivity contribution in [1.82, 2.24) is 10.2 Å². The van der Waals surface area contributed by atoms with Gasteiger partial charge in [-0.25, -0.2) is 0 Å². The van der Waals surface area contributed by atoms with E-state index in [1.54, 1.807) is 0 Å². The van der Waals surface area contributed by atoms with E-state index in [9.17, 15) is 14.4 Å². The number of hydrogen-bond acceptors (Lipinski definition) is 4. The Bertz CT molecular complexity index is 384. The fourth-order valence-corrected chi connectivity index (χ4v) is 2.22. The maximum atomic E-state index is 12.0. The van der Waals surface area contributed by atoms with Crippen LogP contribution in [0.3, 0.4) is 0 Å². The molecule has 2 heterocycles. The lowest BCUT2D eigenvalue weighted by molar-refractivity contribution is -0.143. The average Bonchev–Trinajstić information content (AvgIpc) is 2.85. The highest BCUT2D eigenvalue weighted by Gasteiger charge is 2.44. The second kappa shape index (κ2) is 3.99. The zero-order chi connectivity index (χ0) is 12.6. The summed E-state index contributed by atoms with van der Waals surface area (Å²) in [7, 11) is 0. The number of amides is 2. The number of carbonyl (C=O) groups excluding carboxylic acids is 2. The third kappa shape index (κ3) is 2.10. The number of likely N-dealkylation sites (tertiary alicyclic amines) is 1. The Hall–Kier alpha value is -1.63. The van der Waals surface area contributed by atoms with Gasteiger partial charge in [0.1, 0.15) is 11.6 Å². The monoisotopic (exact) mass is 241 g/mol. The summed E-state index contributed by atoms with van der Waals surface area (Å²) in [5.74, 6) is -1.47. The summed E-state index contributed by atoms with van der Waals surface area (Å²) in [6.07, 6.45) is 1.06. The van der Waals surface area contributed by atoms with Crippen molar-refractivity contribution in [2.45, 2.75) is 30.8 Å². The van der Waals surface area contributed by atoms with Crippen LogP contribution in [-0.2, 0) is 14.4 Å². The molecule has 7 nitrogen and oxygen atoms in total. The number of nitrogens with one attached hydrogen (secondary N) is 1. The number of nitrogens with two attached hydrogens (primary N) is 1. The van der Waals surface area contributed by atoms with Crippen LogP contribution in [0.2, 0.25) is 0 Å². The van der Waals surface area contributed by atoms with Gasteiger partial charge in [0.15, 0.2) is 0 Å². The molecule has 2 fully saturated rings. The molecule has 0 aliphatic carbocycles. The molecule has 0 aromatic carbocycles. The van der Waals surface area contributed by atoms with E-state index >= 15 is 0 Å². The van der Waals surface area contributed by atoms with Gasteiger partial charge in [0.2, 0.25) is 11.8 Å². The summed E-state index contributed by atoms with van der Waals surface area (Å²) < 4.78 is 0. The molecule has 0 aromatic heterocycles. The summed E-state index contributed by atoms with van der Waals surface area (Å²) in [5.41, 5.74) is 4.33. The molecule has 0 radical (unpaired) electrons. The number of rotatable bonds is 2. The number of hydrogen-bond donors (Lipinski definition) is 3. The van der Waals surface area contributed by atoms with Crippen LogP contribution in [-0.4, -0.2) is 52.5 Å². The van der Waals surface area contributed by atoms with Crippen LogP contribution in [0.25, 0.3) is 0 Å². The van der Waals surface area contributed by atoms with Crippen molar-refractivity contribution in [3.05, 3.63) is 0 Å². The van der Waals surface area contributed by atoms with Crippen molar-refractivity contribution < 1.29 is 19.5 Å². The quantitative estimate of drug-likeness (QED) is 0.532.